The first-order chi connectivity index (χ1) is 14.4. The third-order valence-electron chi connectivity index (χ3n) is 6.08. The fourth-order valence-electron chi connectivity index (χ4n) is 4.21. The molecule has 1 saturated heterocycles. The average molecular weight is 429 g/mol. The standard InChI is InChI=1S/C23H29ClN4O2/c1-17-21(18(2)28(27-17)12-4-11-25)7-8-22(29)26-16-23(9-13-30-14-10-23)19-5-3-6-20(24)15-19/h3,5-6,15H,4,7-10,12-14,16H2,1-2H3,(H,26,29). The van der Waals surface area contributed by atoms with Crippen molar-refractivity contribution < 1.29 is 9.53 Å². The third kappa shape index (κ3) is 5.21. The Balaban J connectivity index is 1.62. The van der Waals surface area contributed by atoms with Gasteiger partial charge in [0, 0.05) is 42.3 Å². The lowest BCUT2D eigenvalue weighted by molar-refractivity contribution is -0.121. The maximum atomic E-state index is 12.7. The van der Waals surface area contributed by atoms with Gasteiger partial charge in [0.25, 0.3) is 0 Å². The molecular weight excluding hydrogens is 400 g/mol. The van der Waals surface area contributed by atoms with E-state index in [9.17, 15) is 4.79 Å². The highest BCUT2D eigenvalue weighted by atomic mass is 35.5. The van der Waals surface area contributed by atoms with E-state index in [1.54, 1.807) is 0 Å². The van der Waals surface area contributed by atoms with Crippen molar-refractivity contribution in [3.05, 3.63) is 51.8 Å². The van der Waals surface area contributed by atoms with Crippen LogP contribution in [0.5, 0.6) is 0 Å². The molecule has 0 atom stereocenters. The first kappa shape index (κ1) is 22.3. The highest BCUT2D eigenvalue weighted by Gasteiger charge is 2.35. The van der Waals surface area contributed by atoms with E-state index in [1.165, 1.54) is 0 Å². The van der Waals surface area contributed by atoms with Gasteiger partial charge in [0.2, 0.25) is 5.91 Å². The lowest BCUT2D eigenvalue weighted by Gasteiger charge is -2.38. The van der Waals surface area contributed by atoms with Crippen LogP contribution in [0.15, 0.2) is 24.3 Å². The number of carbonyl (C=O) groups excluding carboxylic acids is 1. The van der Waals surface area contributed by atoms with Crippen LogP contribution in [0.25, 0.3) is 0 Å². The van der Waals surface area contributed by atoms with Crippen LogP contribution in [0.2, 0.25) is 5.02 Å². The minimum atomic E-state index is -0.146. The molecule has 0 radical (unpaired) electrons. The summed E-state index contributed by atoms with van der Waals surface area (Å²) in [6, 6.07) is 10.1. The number of halogens is 1. The number of nitrogens with one attached hydrogen (secondary N) is 1. The van der Waals surface area contributed by atoms with Crippen LogP contribution in [-0.2, 0) is 27.9 Å². The lowest BCUT2D eigenvalue weighted by Crippen LogP contribution is -2.44. The molecule has 3 rings (SSSR count). The van der Waals surface area contributed by atoms with Crippen molar-refractivity contribution in [2.24, 2.45) is 0 Å². The molecule has 1 aliphatic rings. The normalized spacial score (nSPS) is 15.5. The summed E-state index contributed by atoms with van der Waals surface area (Å²) in [5.41, 5.74) is 4.07. The van der Waals surface area contributed by atoms with Crippen LogP contribution < -0.4 is 5.32 Å². The highest BCUT2D eigenvalue weighted by molar-refractivity contribution is 6.30. The van der Waals surface area contributed by atoms with Gasteiger partial charge in [-0.15, -0.1) is 0 Å². The summed E-state index contributed by atoms with van der Waals surface area (Å²) in [5, 5.41) is 17.2. The second kappa shape index (κ2) is 10.1. The summed E-state index contributed by atoms with van der Waals surface area (Å²) in [6.45, 7) is 6.49. The van der Waals surface area contributed by atoms with Crippen molar-refractivity contribution in [2.45, 2.75) is 57.9 Å². The van der Waals surface area contributed by atoms with Crippen molar-refractivity contribution >= 4 is 17.5 Å². The first-order valence-corrected chi connectivity index (χ1v) is 10.8. The number of benzene rings is 1. The Morgan fingerprint density at radius 3 is 2.83 bits per heavy atom. The molecule has 0 aliphatic carbocycles. The minimum Gasteiger partial charge on any atom is -0.381 e. The molecule has 1 aliphatic heterocycles. The number of aromatic nitrogens is 2. The molecule has 1 aromatic heterocycles. The summed E-state index contributed by atoms with van der Waals surface area (Å²) in [7, 11) is 0. The van der Waals surface area contributed by atoms with E-state index in [4.69, 9.17) is 21.6 Å². The molecule has 7 heteroatoms. The monoisotopic (exact) mass is 428 g/mol. The molecular formula is C23H29ClN4O2. The van der Waals surface area contributed by atoms with Crippen molar-refractivity contribution in [3.63, 3.8) is 0 Å². The zero-order valence-electron chi connectivity index (χ0n) is 17.7. The second-order valence-electron chi connectivity index (χ2n) is 7.96. The summed E-state index contributed by atoms with van der Waals surface area (Å²) >= 11 is 6.23. The van der Waals surface area contributed by atoms with E-state index >= 15 is 0 Å². The Hall–Kier alpha value is -2.36. The number of amides is 1. The van der Waals surface area contributed by atoms with Gasteiger partial charge in [0.15, 0.2) is 0 Å². The van der Waals surface area contributed by atoms with Crippen LogP contribution in [0.4, 0.5) is 0 Å². The van der Waals surface area contributed by atoms with Crippen LogP contribution in [-0.4, -0.2) is 35.4 Å². The van der Waals surface area contributed by atoms with Crippen LogP contribution in [0, 0.1) is 25.2 Å². The Kier molecular flexibility index (Phi) is 7.52. The molecule has 1 N–H and O–H groups in total. The molecule has 0 unspecified atom stereocenters. The maximum absolute atomic E-state index is 12.7. The van der Waals surface area contributed by atoms with Gasteiger partial charge in [0.1, 0.15) is 0 Å². The third-order valence-corrected chi connectivity index (χ3v) is 6.31. The van der Waals surface area contributed by atoms with E-state index in [1.807, 2.05) is 36.7 Å². The molecule has 0 spiro atoms. The maximum Gasteiger partial charge on any atom is 0.220 e. The number of aryl methyl sites for hydroxylation is 2. The molecule has 160 valence electrons. The molecule has 2 aromatic rings. The number of ether oxygens (including phenoxy) is 1. The van der Waals surface area contributed by atoms with E-state index in [0.29, 0.717) is 50.6 Å². The van der Waals surface area contributed by atoms with Gasteiger partial charge in [-0.25, -0.2) is 0 Å². The quantitative estimate of drug-likeness (QED) is 0.692. The van der Waals surface area contributed by atoms with Gasteiger partial charge >= 0.3 is 0 Å². The minimum absolute atomic E-state index is 0.0338. The fourth-order valence-corrected chi connectivity index (χ4v) is 4.40. The van der Waals surface area contributed by atoms with Crippen molar-refractivity contribution in [2.75, 3.05) is 19.8 Å². The Morgan fingerprint density at radius 2 is 2.13 bits per heavy atom. The molecule has 1 fully saturated rings. The number of rotatable bonds is 8. The number of hydrogen-bond acceptors (Lipinski definition) is 4. The van der Waals surface area contributed by atoms with Crippen molar-refractivity contribution in [1.82, 2.24) is 15.1 Å². The van der Waals surface area contributed by atoms with Gasteiger partial charge in [-0.3, -0.25) is 9.48 Å². The van der Waals surface area contributed by atoms with E-state index in [2.05, 4.69) is 22.6 Å². The van der Waals surface area contributed by atoms with Gasteiger partial charge in [0.05, 0.1) is 24.7 Å². The second-order valence-corrected chi connectivity index (χ2v) is 8.40. The first-order valence-electron chi connectivity index (χ1n) is 10.5. The van der Waals surface area contributed by atoms with Gasteiger partial charge in [-0.1, -0.05) is 23.7 Å². The fraction of sp³-hybridized carbons (Fsp3) is 0.522. The summed E-state index contributed by atoms with van der Waals surface area (Å²) in [6.07, 6.45) is 3.20. The van der Waals surface area contributed by atoms with Gasteiger partial charge in [-0.05, 0) is 56.4 Å². The summed E-state index contributed by atoms with van der Waals surface area (Å²) in [5.74, 6) is 0.0338. The largest absolute Gasteiger partial charge is 0.381 e. The Bertz CT molecular complexity index is 926. The zero-order chi connectivity index (χ0) is 21.6. The topological polar surface area (TPSA) is 79.9 Å². The Labute approximate surface area is 183 Å². The predicted octanol–water partition coefficient (Wildman–Crippen LogP) is 3.86. The lowest BCUT2D eigenvalue weighted by atomic mass is 9.74. The SMILES string of the molecule is Cc1nn(CCC#N)c(C)c1CCC(=O)NCC1(c2cccc(Cl)c2)CCOCC1. The van der Waals surface area contributed by atoms with Crippen LogP contribution >= 0.6 is 11.6 Å². The van der Waals surface area contributed by atoms with Crippen molar-refractivity contribution in [3.8, 4) is 6.07 Å². The van der Waals surface area contributed by atoms with Crippen molar-refractivity contribution in [1.29, 1.82) is 5.26 Å². The Morgan fingerprint density at radius 1 is 1.37 bits per heavy atom. The predicted molar refractivity (Wildman–Crippen MR) is 116 cm³/mol. The molecule has 30 heavy (non-hydrogen) atoms. The summed E-state index contributed by atoms with van der Waals surface area (Å²) in [4.78, 5) is 12.7. The van der Waals surface area contributed by atoms with E-state index in [0.717, 1.165) is 35.4 Å². The zero-order valence-corrected chi connectivity index (χ0v) is 18.5. The summed E-state index contributed by atoms with van der Waals surface area (Å²) < 4.78 is 7.43. The van der Waals surface area contributed by atoms with Crippen LogP contribution in [0.3, 0.4) is 0 Å². The van der Waals surface area contributed by atoms with E-state index < -0.39 is 0 Å². The number of carbonyl (C=O) groups is 1. The molecule has 6 nitrogen and oxygen atoms in total. The number of nitriles is 1. The smallest absolute Gasteiger partial charge is 0.220 e. The van der Waals surface area contributed by atoms with Gasteiger partial charge in [-0.2, -0.15) is 10.4 Å². The van der Waals surface area contributed by atoms with Crippen LogP contribution in [0.1, 0.15) is 48.2 Å². The molecule has 1 amide bonds. The molecule has 0 saturated carbocycles. The number of hydrogen-bond donors (Lipinski definition) is 1. The van der Waals surface area contributed by atoms with Gasteiger partial charge < -0.3 is 10.1 Å². The molecule has 1 aromatic carbocycles. The molecule has 0 bridgehead atoms. The molecule has 2 heterocycles. The van der Waals surface area contributed by atoms with E-state index in [-0.39, 0.29) is 11.3 Å². The number of nitrogens with zero attached hydrogens (tertiary/aromatic N) is 3. The average Bonchev–Trinajstić information content (AvgIpc) is 3.02. The highest BCUT2D eigenvalue weighted by Crippen LogP contribution is 2.35.